The number of aromatic hydroxyl groups is 1. The second-order valence-electron chi connectivity index (χ2n) is 2.92. The summed E-state index contributed by atoms with van der Waals surface area (Å²) in [6, 6.07) is 3.89. The molecule has 3 heteroatoms. The molecule has 1 aromatic rings. The highest BCUT2D eigenvalue weighted by Gasteiger charge is 2.08. The van der Waals surface area contributed by atoms with E-state index in [4.69, 9.17) is 10.5 Å². The zero-order valence-corrected chi connectivity index (χ0v) is 7.42. The topological polar surface area (TPSA) is 44.1 Å². The van der Waals surface area contributed by atoms with Crippen LogP contribution in [-0.2, 0) is 0 Å². The predicted molar refractivity (Wildman–Crippen MR) is 49.9 cm³/mol. The van der Waals surface area contributed by atoms with E-state index in [1.165, 1.54) is 18.3 Å². The summed E-state index contributed by atoms with van der Waals surface area (Å²) in [6.07, 6.45) is 1.99. The number of benzene rings is 1. The summed E-state index contributed by atoms with van der Waals surface area (Å²) in [4.78, 5) is 0. The molecule has 0 bridgehead atoms. The largest absolute Gasteiger partial charge is 0.508 e. The number of hydrogen-bond donors (Lipinski definition) is 2. The Kier molecular flexibility index (Phi) is 3.01. The lowest BCUT2D eigenvalue weighted by Gasteiger charge is -2.09. The van der Waals surface area contributed by atoms with Crippen molar-refractivity contribution >= 4 is 6.21 Å². The molecule has 0 spiro atoms. The molecule has 0 heterocycles. The van der Waals surface area contributed by atoms with E-state index in [1.54, 1.807) is 0 Å². The maximum Gasteiger partial charge on any atom is 0.127 e. The van der Waals surface area contributed by atoms with Gasteiger partial charge in [-0.25, -0.2) is 4.39 Å². The zero-order chi connectivity index (χ0) is 9.84. The van der Waals surface area contributed by atoms with E-state index in [2.05, 4.69) is 0 Å². The maximum absolute atomic E-state index is 12.8. The summed E-state index contributed by atoms with van der Waals surface area (Å²) < 4.78 is 12.8. The van der Waals surface area contributed by atoms with E-state index in [1.807, 2.05) is 6.92 Å². The third-order valence-electron chi connectivity index (χ3n) is 1.97. The predicted octanol–water partition coefficient (Wildman–Crippen LogP) is 2.67. The van der Waals surface area contributed by atoms with Gasteiger partial charge in [0, 0.05) is 18.2 Å². The highest BCUT2D eigenvalue weighted by Crippen LogP contribution is 2.22. The van der Waals surface area contributed by atoms with Gasteiger partial charge in [-0.15, -0.1) is 0 Å². The number of phenols is 1. The smallest absolute Gasteiger partial charge is 0.127 e. The number of hydrogen-bond acceptors (Lipinski definition) is 2. The van der Waals surface area contributed by atoms with Gasteiger partial charge in [0.15, 0.2) is 0 Å². The van der Waals surface area contributed by atoms with Crippen LogP contribution in [-0.4, -0.2) is 11.3 Å². The van der Waals surface area contributed by atoms with Crippen molar-refractivity contribution in [3.8, 4) is 5.75 Å². The average molecular weight is 181 g/mol. The van der Waals surface area contributed by atoms with Crippen molar-refractivity contribution in [1.29, 1.82) is 5.41 Å². The number of phenolic OH excluding ortho intramolecular Hbond substituents is 1. The monoisotopic (exact) mass is 181 g/mol. The molecule has 1 atom stereocenters. The van der Waals surface area contributed by atoms with Gasteiger partial charge in [-0.2, -0.15) is 0 Å². The molecule has 0 aliphatic carbocycles. The quantitative estimate of drug-likeness (QED) is 0.692. The van der Waals surface area contributed by atoms with Gasteiger partial charge in [-0.05, 0) is 24.1 Å². The molecule has 0 saturated heterocycles. The fourth-order valence-electron chi connectivity index (χ4n) is 1.26. The van der Waals surface area contributed by atoms with Crippen molar-refractivity contribution in [3.05, 3.63) is 29.6 Å². The van der Waals surface area contributed by atoms with E-state index in [0.29, 0.717) is 5.56 Å². The first-order chi connectivity index (χ1) is 6.17. The molecule has 13 heavy (non-hydrogen) atoms. The molecule has 0 fully saturated rings. The van der Waals surface area contributed by atoms with Crippen molar-refractivity contribution in [2.45, 2.75) is 19.3 Å². The molecule has 0 amide bonds. The molecule has 0 aliphatic rings. The minimum Gasteiger partial charge on any atom is -0.508 e. The van der Waals surface area contributed by atoms with Crippen molar-refractivity contribution in [3.63, 3.8) is 0 Å². The molecule has 0 saturated carbocycles. The summed E-state index contributed by atoms with van der Waals surface area (Å²) in [5.41, 5.74) is 0.648. The van der Waals surface area contributed by atoms with Crippen LogP contribution in [0.4, 0.5) is 4.39 Å². The summed E-state index contributed by atoms with van der Waals surface area (Å²) in [5, 5.41) is 16.2. The Hall–Kier alpha value is -1.38. The van der Waals surface area contributed by atoms with Gasteiger partial charge < -0.3 is 10.5 Å². The maximum atomic E-state index is 12.8. The number of rotatable bonds is 3. The Morgan fingerprint density at radius 1 is 1.54 bits per heavy atom. The fraction of sp³-hybridized carbons (Fsp3) is 0.300. The third-order valence-corrected chi connectivity index (χ3v) is 1.97. The van der Waals surface area contributed by atoms with Gasteiger partial charge in [-0.1, -0.05) is 6.92 Å². The van der Waals surface area contributed by atoms with Crippen molar-refractivity contribution < 1.29 is 9.50 Å². The van der Waals surface area contributed by atoms with Gasteiger partial charge >= 0.3 is 0 Å². The zero-order valence-electron chi connectivity index (χ0n) is 7.42. The molecular weight excluding hydrogens is 169 g/mol. The average Bonchev–Trinajstić information content (AvgIpc) is 2.04. The molecule has 70 valence electrons. The molecule has 0 aliphatic heterocycles. The van der Waals surface area contributed by atoms with Gasteiger partial charge in [0.25, 0.3) is 0 Å². The summed E-state index contributed by atoms with van der Waals surface area (Å²) in [5.74, 6) is -0.660. The summed E-state index contributed by atoms with van der Waals surface area (Å²) in [7, 11) is 0. The van der Waals surface area contributed by atoms with E-state index in [-0.39, 0.29) is 11.7 Å². The van der Waals surface area contributed by atoms with E-state index in [9.17, 15) is 4.39 Å². The second kappa shape index (κ2) is 4.03. The molecule has 2 nitrogen and oxygen atoms in total. The molecule has 1 unspecified atom stereocenters. The number of nitrogens with one attached hydrogen (secondary N) is 1. The van der Waals surface area contributed by atoms with Crippen LogP contribution in [0.1, 0.15) is 24.8 Å². The van der Waals surface area contributed by atoms with Crippen molar-refractivity contribution in [2.24, 2.45) is 0 Å². The lowest BCUT2D eigenvalue weighted by atomic mass is 9.97. The lowest BCUT2D eigenvalue weighted by Crippen LogP contribution is -1.98. The summed E-state index contributed by atoms with van der Waals surface area (Å²) >= 11 is 0. The first kappa shape index (κ1) is 9.71. The number of halogens is 1. The van der Waals surface area contributed by atoms with Crippen LogP contribution in [0.25, 0.3) is 0 Å². The van der Waals surface area contributed by atoms with Crippen molar-refractivity contribution in [2.75, 3.05) is 0 Å². The van der Waals surface area contributed by atoms with Crippen LogP contribution < -0.4 is 0 Å². The van der Waals surface area contributed by atoms with Gasteiger partial charge in [0.05, 0.1) is 0 Å². The minimum atomic E-state index is -0.463. The fourth-order valence-corrected chi connectivity index (χ4v) is 1.26. The Morgan fingerprint density at radius 2 is 2.23 bits per heavy atom. The Labute approximate surface area is 76.5 Å². The minimum absolute atomic E-state index is 0.0877. The van der Waals surface area contributed by atoms with Gasteiger partial charge in [-0.3, -0.25) is 0 Å². The van der Waals surface area contributed by atoms with Crippen LogP contribution in [0, 0.1) is 11.2 Å². The van der Waals surface area contributed by atoms with Crippen LogP contribution in [0.15, 0.2) is 18.2 Å². The second-order valence-corrected chi connectivity index (χ2v) is 2.92. The first-order valence-corrected chi connectivity index (χ1v) is 4.17. The Balaban J connectivity index is 3.05. The van der Waals surface area contributed by atoms with Crippen LogP contribution in [0.2, 0.25) is 0 Å². The molecular formula is C10H12FNO. The molecule has 0 radical (unpaired) electrons. The Bertz CT molecular complexity index is 292. The normalized spacial score (nSPS) is 12.5. The standard InChI is InChI=1S/C10H12FNO/c1-2-7(6-12)8-3-9(11)5-10(13)4-8/h3-7,12-13H,2H2,1H3. The molecule has 2 N–H and O–H groups in total. The van der Waals surface area contributed by atoms with E-state index in [0.717, 1.165) is 12.5 Å². The first-order valence-electron chi connectivity index (χ1n) is 4.17. The van der Waals surface area contributed by atoms with E-state index < -0.39 is 5.82 Å². The van der Waals surface area contributed by atoms with Crippen LogP contribution >= 0.6 is 0 Å². The lowest BCUT2D eigenvalue weighted by molar-refractivity contribution is 0.467. The van der Waals surface area contributed by atoms with Crippen LogP contribution in [0.5, 0.6) is 5.75 Å². The van der Waals surface area contributed by atoms with E-state index >= 15 is 0 Å². The Morgan fingerprint density at radius 3 is 2.69 bits per heavy atom. The van der Waals surface area contributed by atoms with Gasteiger partial charge in [0.2, 0.25) is 0 Å². The highest BCUT2D eigenvalue weighted by molar-refractivity contribution is 5.65. The van der Waals surface area contributed by atoms with Crippen molar-refractivity contribution in [1.82, 2.24) is 0 Å². The summed E-state index contributed by atoms with van der Waals surface area (Å²) in [6.45, 7) is 1.91. The van der Waals surface area contributed by atoms with Crippen LogP contribution in [0.3, 0.4) is 0 Å². The highest BCUT2D eigenvalue weighted by atomic mass is 19.1. The SMILES string of the molecule is CCC(C=N)c1cc(O)cc(F)c1. The van der Waals surface area contributed by atoms with Gasteiger partial charge in [0.1, 0.15) is 11.6 Å². The molecule has 1 rings (SSSR count). The third kappa shape index (κ3) is 2.28. The molecule has 0 aromatic heterocycles. The molecule has 1 aromatic carbocycles.